The first-order valence-corrected chi connectivity index (χ1v) is 9.70. The molecule has 0 radical (unpaired) electrons. The number of ether oxygens (including phenoxy) is 2. The maximum atomic E-state index is 12.9. The van der Waals surface area contributed by atoms with E-state index in [0.717, 1.165) is 12.0 Å². The summed E-state index contributed by atoms with van der Waals surface area (Å²) in [6, 6.07) is 8.24. The summed E-state index contributed by atoms with van der Waals surface area (Å²) in [4.78, 5) is 40.3. The van der Waals surface area contributed by atoms with E-state index in [1.807, 2.05) is 30.3 Å². The number of nitrogens with zero attached hydrogens (tertiary/aromatic N) is 2. The second kappa shape index (κ2) is 8.44. The highest BCUT2D eigenvalue weighted by atomic mass is 32.2. The van der Waals surface area contributed by atoms with Gasteiger partial charge in [-0.15, -0.1) is 11.8 Å². The number of rotatable bonds is 4. The molecule has 26 heavy (non-hydrogen) atoms. The van der Waals surface area contributed by atoms with Crippen LogP contribution in [0.25, 0.3) is 0 Å². The quantitative estimate of drug-likeness (QED) is 0.745. The van der Waals surface area contributed by atoms with Gasteiger partial charge in [0, 0.05) is 12.3 Å². The molecule has 0 aromatic heterocycles. The van der Waals surface area contributed by atoms with Gasteiger partial charge in [0.25, 0.3) is 0 Å². The Labute approximate surface area is 156 Å². The summed E-state index contributed by atoms with van der Waals surface area (Å²) >= 11 is 1.50. The van der Waals surface area contributed by atoms with Crippen LogP contribution >= 0.6 is 11.8 Å². The summed E-state index contributed by atoms with van der Waals surface area (Å²) in [6.45, 7) is 0.670. The molecule has 2 heterocycles. The molecule has 2 unspecified atom stereocenters. The van der Waals surface area contributed by atoms with E-state index in [4.69, 9.17) is 9.47 Å². The number of carbonyl (C=O) groups excluding carboxylic acids is 3. The SMILES string of the molecule is COC(=O)C1CCCN1C(=O)C1CSCN1C(=O)OCc1ccccc1. The lowest BCUT2D eigenvalue weighted by Gasteiger charge is -2.29. The van der Waals surface area contributed by atoms with E-state index in [-0.39, 0.29) is 12.5 Å². The Morgan fingerprint density at radius 3 is 2.65 bits per heavy atom. The summed E-state index contributed by atoms with van der Waals surface area (Å²) < 4.78 is 10.2. The van der Waals surface area contributed by atoms with Crippen molar-refractivity contribution in [2.24, 2.45) is 0 Å². The van der Waals surface area contributed by atoms with Crippen molar-refractivity contribution in [2.75, 3.05) is 25.3 Å². The predicted molar refractivity (Wildman–Crippen MR) is 96.3 cm³/mol. The van der Waals surface area contributed by atoms with Gasteiger partial charge in [-0.1, -0.05) is 30.3 Å². The van der Waals surface area contributed by atoms with Gasteiger partial charge in [0.15, 0.2) is 0 Å². The highest BCUT2D eigenvalue weighted by Gasteiger charge is 2.43. The number of amides is 2. The molecule has 1 aromatic carbocycles. The minimum absolute atomic E-state index is 0.163. The number of benzene rings is 1. The fraction of sp³-hybridized carbons (Fsp3) is 0.500. The van der Waals surface area contributed by atoms with E-state index < -0.39 is 24.1 Å². The number of esters is 1. The lowest BCUT2D eigenvalue weighted by molar-refractivity contribution is -0.152. The zero-order valence-electron chi connectivity index (χ0n) is 14.6. The molecule has 1 aromatic rings. The van der Waals surface area contributed by atoms with Crippen LogP contribution < -0.4 is 0 Å². The third-order valence-electron chi connectivity index (χ3n) is 4.62. The number of carbonyl (C=O) groups is 3. The highest BCUT2D eigenvalue weighted by molar-refractivity contribution is 7.99. The fourth-order valence-electron chi connectivity index (χ4n) is 3.23. The van der Waals surface area contributed by atoms with Crippen LogP contribution in [0.3, 0.4) is 0 Å². The lowest BCUT2D eigenvalue weighted by atomic mass is 10.2. The Bertz CT molecular complexity index is 669. The molecule has 2 atom stereocenters. The largest absolute Gasteiger partial charge is 0.467 e. The Hall–Kier alpha value is -2.22. The first kappa shape index (κ1) is 18.6. The van der Waals surface area contributed by atoms with E-state index in [0.29, 0.717) is 24.6 Å². The number of methoxy groups -OCH3 is 1. The smallest absolute Gasteiger partial charge is 0.411 e. The predicted octanol–water partition coefficient (Wildman–Crippen LogP) is 1.86. The molecule has 2 amide bonds. The van der Waals surface area contributed by atoms with E-state index in [1.54, 1.807) is 4.90 Å². The molecule has 8 heteroatoms. The van der Waals surface area contributed by atoms with Crippen molar-refractivity contribution in [2.45, 2.75) is 31.5 Å². The Morgan fingerprint density at radius 2 is 1.92 bits per heavy atom. The van der Waals surface area contributed by atoms with Crippen LogP contribution in [-0.4, -0.2) is 65.1 Å². The Balaban J connectivity index is 1.62. The van der Waals surface area contributed by atoms with Gasteiger partial charge in [0.05, 0.1) is 13.0 Å². The molecule has 0 aliphatic carbocycles. The molecule has 0 bridgehead atoms. The molecule has 0 spiro atoms. The molecule has 3 rings (SSSR count). The standard InChI is InChI=1S/C18H22N2O5S/c1-24-17(22)14-8-5-9-19(14)16(21)15-11-26-12-20(15)18(23)25-10-13-6-3-2-4-7-13/h2-4,6-7,14-15H,5,8-12H2,1H3. The molecule has 0 N–H and O–H groups in total. The Kier molecular flexibility index (Phi) is 6.03. The van der Waals surface area contributed by atoms with Crippen LogP contribution in [0.2, 0.25) is 0 Å². The Morgan fingerprint density at radius 1 is 1.15 bits per heavy atom. The maximum Gasteiger partial charge on any atom is 0.411 e. The summed E-state index contributed by atoms with van der Waals surface area (Å²) in [5.74, 6) is 0.295. The lowest BCUT2D eigenvalue weighted by Crippen LogP contribution is -2.52. The van der Waals surface area contributed by atoms with Crippen molar-refractivity contribution in [3.8, 4) is 0 Å². The van der Waals surface area contributed by atoms with Gasteiger partial charge in [0.1, 0.15) is 18.7 Å². The van der Waals surface area contributed by atoms with Crippen molar-refractivity contribution in [3.05, 3.63) is 35.9 Å². The molecule has 2 aliphatic rings. The third kappa shape index (κ3) is 3.95. The minimum Gasteiger partial charge on any atom is -0.467 e. The highest BCUT2D eigenvalue weighted by Crippen LogP contribution is 2.27. The molecule has 2 saturated heterocycles. The second-order valence-corrected chi connectivity index (χ2v) is 7.24. The summed E-state index contributed by atoms with van der Waals surface area (Å²) in [5, 5.41) is 0. The topological polar surface area (TPSA) is 76.2 Å². The minimum atomic E-state index is -0.603. The van der Waals surface area contributed by atoms with Crippen molar-refractivity contribution >= 4 is 29.7 Å². The summed E-state index contributed by atoms with van der Waals surface area (Å²) in [6.07, 6.45) is 0.839. The molecule has 140 valence electrons. The van der Waals surface area contributed by atoms with Gasteiger partial charge in [0.2, 0.25) is 5.91 Å². The van der Waals surface area contributed by atoms with Crippen LogP contribution in [-0.2, 0) is 25.7 Å². The molecule has 2 aliphatic heterocycles. The fourth-order valence-corrected chi connectivity index (χ4v) is 4.37. The number of thioether (sulfide) groups is 1. The monoisotopic (exact) mass is 378 g/mol. The van der Waals surface area contributed by atoms with E-state index >= 15 is 0 Å². The van der Waals surface area contributed by atoms with Crippen LogP contribution in [0.15, 0.2) is 30.3 Å². The summed E-state index contributed by atoms with van der Waals surface area (Å²) in [7, 11) is 1.32. The van der Waals surface area contributed by atoms with Gasteiger partial charge in [-0.25, -0.2) is 9.59 Å². The average Bonchev–Trinajstić information content (AvgIpc) is 3.35. The zero-order valence-corrected chi connectivity index (χ0v) is 15.4. The van der Waals surface area contributed by atoms with Gasteiger partial charge in [-0.3, -0.25) is 9.69 Å². The van der Waals surface area contributed by atoms with Crippen LogP contribution in [0.1, 0.15) is 18.4 Å². The molecule has 7 nitrogen and oxygen atoms in total. The third-order valence-corrected chi connectivity index (χ3v) is 5.63. The first-order chi connectivity index (χ1) is 12.6. The van der Waals surface area contributed by atoms with Gasteiger partial charge < -0.3 is 14.4 Å². The van der Waals surface area contributed by atoms with E-state index in [1.165, 1.54) is 23.8 Å². The normalized spacial score (nSPS) is 22.3. The second-order valence-electron chi connectivity index (χ2n) is 6.24. The van der Waals surface area contributed by atoms with Crippen LogP contribution in [0.4, 0.5) is 4.79 Å². The van der Waals surface area contributed by atoms with E-state index in [2.05, 4.69) is 0 Å². The molecular formula is C18H22N2O5S. The van der Waals surface area contributed by atoms with Gasteiger partial charge in [-0.05, 0) is 18.4 Å². The van der Waals surface area contributed by atoms with Crippen molar-refractivity contribution in [1.82, 2.24) is 9.80 Å². The number of likely N-dealkylation sites (tertiary alicyclic amines) is 1. The number of hydrogen-bond donors (Lipinski definition) is 0. The molecular weight excluding hydrogens is 356 g/mol. The van der Waals surface area contributed by atoms with Crippen molar-refractivity contribution in [3.63, 3.8) is 0 Å². The van der Waals surface area contributed by atoms with Crippen LogP contribution in [0.5, 0.6) is 0 Å². The molecule has 2 fully saturated rings. The van der Waals surface area contributed by atoms with Crippen molar-refractivity contribution in [1.29, 1.82) is 0 Å². The van der Waals surface area contributed by atoms with Crippen LogP contribution in [0, 0.1) is 0 Å². The maximum absolute atomic E-state index is 12.9. The van der Waals surface area contributed by atoms with Gasteiger partial charge >= 0.3 is 12.1 Å². The molecule has 0 saturated carbocycles. The zero-order chi connectivity index (χ0) is 18.5. The average molecular weight is 378 g/mol. The first-order valence-electron chi connectivity index (χ1n) is 8.55. The van der Waals surface area contributed by atoms with E-state index in [9.17, 15) is 14.4 Å². The summed E-state index contributed by atoms with van der Waals surface area (Å²) in [5.41, 5.74) is 0.890. The van der Waals surface area contributed by atoms with Gasteiger partial charge in [-0.2, -0.15) is 0 Å². The number of hydrogen-bond acceptors (Lipinski definition) is 6. The van der Waals surface area contributed by atoms with Crippen molar-refractivity contribution < 1.29 is 23.9 Å².